The van der Waals surface area contributed by atoms with Crippen LogP contribution in [0.4, 0.5) is 5.69 Å². The summed E-state index contributed by atoms with van der Waals surface area (Å²) in [5, 5.41) is 3.68. The molecule has 1 unspecified atom stereocenters. The van der Waals surface area contributed by atoms with Gasteiger partial charge in [-0.1, -0.05) is 42.8 Å². The average Bonchev–Trinajstić information content (AvgIpc) is 2.38. The third-order valence-electron chi connectivity index (χ3n) is 3.94. The number of nitrogens with one attached hydrogen (secondary N) is 1. The van der Waals surface area contributed by atoms with Gasteiger partial charge in [-0.3, -0.25) is 0 Å². The first-order chi connectivity index (χ1) is 9.52. The zero-order chi connectivity index (χ0) is 14.7. The Morgan fingerprint density at radius 1 is 1.00 bits per heavy atom. The minimum Gasteiger partial charge on any atom is -0.378 e. The molecule has 2 aromatic rings. The van der Waals surface area contributed by atoms with Crippen molar-refractivity contribution in [1.29, 1.82) is 0 Å². The van der Waals surface area contributed by atoms with Gasteiger partial charge in [0.05, 0.1) is 0 Å². The molecule has 0 aliphatic rings. The summed E-state index contributed by atoms with van der Waals surface area (Å²) in [7, 11) is 0. The number of hydrogen-bond acceptors (Lipinski definition) is 1. The second kappa shape index (κ2) is 6.13. The van der Waals surface area contributed by atoms with Crippen LogP contribution in [0.15, 0.2) is 36.4 Å². The van der Waals surface area contributed by atoms with E-state index in [1.807, 2.05) is 0 Å². The van der Waals surface area contributed by atoms with Crippen LogP contribution >= 0.6 is 0 Å². The second-order valence-corrected chi connectivity index (χ2v) is 5.69. The molecule has 0 aromatic heterocycles. The van der Waals surface area contributed by atoms with Crippen LogP contribution in [0.2, 0.25) is 0 Å². The van der Waals surface area contributed by atoms with Gasteiger partial charge in [0.15, 0.2) is 0 Å². The molecule has 1 N–H and O–H groups in total. The highest BCUT2D eigenvalue weighted by molar-refractivity contribution is 5.54. The molecular weight excluding hydrogens is 242 g/mol. The summed E-state index contributed by atoms with van der Waals surface area (Å²) >= 11 is 0. The number of anilines is 1. The molecule has 1 nitrogen and oxygen atoms in total. The molecule has 2 rings (SSSR count). The summed E-state index contributed by atoms with van der Waals surface area (Å²) in [4.78, 5) is 0. The smallest absolute Gasteiger partial charge is 0.0490 e. The van der Waals surface area contributed by atoms with Gasteiger partial charge in [0, 0.05) is 11.7 Å². The molecule has 0 bridgehead atoms. The quantitative estimate of drug-likeness (QED) is 0.787. The fraction of sp³-hybridized carbons (Fsp3) is 0.368. The topological polar surface area (TPSA) is 12.0 Å². The molecule has 0 fully saturated rings. The van der Waals surface area contributed by atoms with E-state index in [9.17, 15) is 0 Å². The average molecular weight is 267 g/mol. The van der Waals surface area contributed by atoms with Gasteiger partial charge in [-0.15, -0.1) is 0 Å². The minimum atomic E-state index is 0.322. The van der Waals surface area contributed by atoms with Gasteiger partial charge in [-0.05, 0) is 62.4 Å². The van der Waals surface area contributed by atoms with E-state index in [0.29, 0.717) is 6.04 Å². The monoisotopic (exact) mass is 267 g/mol. The van der Waals surface area contributed by atoms with Crippen molar-refractivity contribution in [2.24, 2.45) is 0 Å². The summed E-state index contributed by atoms with van der Waals surface area (Å²) in [5.41, 5.74) is 8.13. The van der Waals surface area contributed by atoms with Crippen LogP contribution < -0.4 is 5.32 Å². The third kappa shape index (κ3) is 3.04. The molecule has 0 spiro atoms. The number of aryl methyl sites for hydroxylation is 4. The SMILES string of the molecule is CCc1ccccc1NC(C)c1c(C)cc(C)cc1C. The molecule has 106 valence electrons. The maximum absolute atomic E-state index is 3.68. The Morgan fingerprint density at radius 2 is 1.60 bits per heavy atom. The van der Waals surface area contributed by atoms with Crippen molar-refractivity contribution >= 4 is 5.69 Å². The molecule has 0 amide bonds. The molecule has 20 heavy (non-hydrogen) atoms. The highest BCUT2D eigenvalue weighted by atomic mass is 14.9. The maximum atomic E-state index is 3.68. The van der Waals surface area contributed by atoms with Gasteiger partial charge in [0.2, 0.25) is 0 Å². The lowest BCUT2D eigenvalue weighted by molar-refractivity contribution is 0.858. The van der Waals surface area contributed by atoms with Crippen LogP contribution in [0.3, 0.4) is 0 Å². The van der Waals surface area contributed by atoms with Gasteiger partial charge in [-0.2, -0.15) is 0 Å². The molecule has 1 atom stereocenters. The predicted octanol–water partition coefficient (Wildman–Crippen LogP) is 5.35. The van der Waals surface area contributed by atoms with E-state index < -0.39 is 0 Å². The van der Waals surface area contributed by atoms with Gasteiger partial charge < -0.3 is 5.32 Å². The fourth-order valence-electron chi connectivity index (χ4n) is 3.15. The van der Waals surface area contributed by atoms with Gasteiger partial charge in [0.25, 0.3) is 0 Å². The summed E-state index contributed by atoms with van der Waals surface area (Å²) < 4.78 is 0. The standard InChI is InChI=1S/C19H25N/c1-6-17-9-7-8-10-18(17)20-16(5)19-14(3)11-13(2)12-15(19)4/h7-12,16,20H,6H2,1-5H3. The van der Waals surface area contributed by atoms with Crippen molar-refractivity contribution in [3.05, 3.63) is 64.2 Å². The normalized spacial score (nSPS) is 12.2. The number of hydrogen-bond donors (Lipinski definition) is 1. The number of para-hydroxylation sites is 1. The van der Waals surface area contributed by atoms with Crippen molar-refractivity contribution in [3.63, 3.8) is 0 Å². The highest BCUT2D eigenvalue weighted by Crippen LogP contribution is 2.28. The van der Waals surface area contributed by atoms with Crippen LogP contribution in [0.5, 0.6) is 0 Å². The highest BCUT2D eigenvalue weighted by Gasteiger charge is 2.12. The van der Waals surface area contributed by atoms with Crippen molar-refractivity contribution < 1.29 is 0 Å². The van der Waals surface area contributed by atoms with E-state index in [0.717, 1.165) is 6.42 Å². The van der Waals surface area contributed by atoms with E-state index in [-0.39, 0.29) is 0 Å². The van der Waals surface area contributed by atoms with Crippen LogP contribution in [-0.2, 0) is 6.42 Å². The Balaban J connectivity index is 2.31. The van der Waals surface area contributed by atoms with Crippen molar-refractivity contribution in [2.75, 3.05) is 5.32 Å². The van der Waals surface area contributed by atoms with Gasteiger partial charge in [0.1, 0.15) is 0 Å². The summed E-state index contributed by atoms with van der Waals surface area (Å²) in [6.45, 7) is 11.0. The molecule has 0 aliphatic heterocycles. The van der Waals surface area contributed by atoms with Crippen molar-refractivity contribution in [2.45, 2.75) is 47.1 Å². The zero-order valence-corrected chi connectivity index (χ0v) is 13.2. The molecule has 0 saturated heterocycles. The molecular formula is C19H25N. The fourth-order valence-corrected chi connectivity index (χ4v) is 3.15. The lowest BCUT2D eigenvalue weighted by atomic mass is 9.94. The number of benzene rings is 2. The molecule has 1 heteroatoms. The van der Waals surface area contributed by atoms with Gasteiger partial charge >= 0.3 is 0 Å². The van der Waals surface area contributed by atoms with Crippen LogP contribution in [0.1, 0.15) is 47.7 Å². The summed E-state index contributed by atoms with van der Waals surface area (Å²) in [6.07, 6.45) is 1.06. The van der Waals surface area contributed by atoms with Crippen LogP contribution in [-0.4, -0.2) is 0 Å². The van der Waals surface area contributed by atoms with Gasteiger partial charge in [-0.25, -0.2) is 0 Å². The molecule has 0 radical (unpaired) electrons. The minimum absolute atomic E-state index is 0.322. The van der Waals surface area contributed by atoms with Crippen LogP contribution in [0.25, 0.3) is 0 Å². The Bertz CT molecular complexity index is 575. The lowest BCUT2D eigenvalue weighted by Gasteiger charge is -2.22. The van der Waals surface area contributed by atoms with E-state index >= 15 is 0 Å². The molecule has 0 heterocycles. The lowest BCUT2D eigenvalue weighted by Crippen LogP contribution is -2.11. The maximum Gasteiger partial charge on any atom is 0.0490 e. The predicted molar refractivity (Wildman–Crippen MR) is 88.5 cm³/mol. The Morgan fingerprint density at radius 3 is 2.20 bits per heavy atom. The van der Waals surface area contributed by atoms with Crippen molar-refractivity contribution in [1.82, 2.24) is 0 Å². The Labute approximate surface area is 123 Å². The van der Waals surface area contributed by atoms with Crippen molar-refractivity contribution in [3.8, 4) is 0 Å². The van der Waals surface area contributed by atoms with E-state index in [4.69, 9.17) is 0 Å². The van der Waals surface area contributed by atoms with E-state index in [1.54, 1.807) is 0 Å². The Kier molecular flexibility index (Phi) is 4.49. The number of rotatable bonds is 4. The molecule has 0 saturated carbocycles. The first kappa shape index (κ1) is 14.6. The third-order valence-corrected chi connectivity index (χ3v) is 3.94. The molecule has 2 aromatic carbocycles. The van der Waals surface area contributed by atoms with E-state index in [1.165, 1.54) is 33.5 Å². The largest absolute Gasteiger partial charge is 0.378 e. The molecule has 0 aliphatic carbocycles. The first-order valence-electron chi connectivity index (χ1n) is 7.45. The summed E-state index contributed by atoms with van der Waals surface area (Å²) in [5.74, 6) is 0. The summed E-state index contributed by atoms with van der Waals surface area (Å²) in [6, 6.07) is 13.4. The Hall–Kier alpha value is -1.76. The second-order valence-electron chi connectivity index (χ2n) is 5.69. The first-order valence-corrected chi connectivity index (χ1v) is 7.45. The van der Waals surface area contributed by atoms with E-state index in [2.05, 4.69) is 76.3 Å². The zero-order valence-electron chi connectivity index (χ0n) is 13.2. The van der Waals surface area contributed by atoms with Crippen LogP contribution in [0, 0.1) is 20.8 Å².